The molecule has 2 heterocycles. The molecule has 0 aliphatic carbocycles. The molecule has 1 aliphatic heterocycles. The molecule has 0 fully saturated rings. The third kappa shape index (κ3) is 2.83. The van der Waals surface area contributed by atoms with Crippen LogP contribution in [0.3, 0.4) is 0 Å². The van der Waals surface area contributed by atoms with Crippen molar-refractivity contribution in [3.8, 4) is 0 Å². The first kappa shape index (κ1) is 15.6. The number of rotatable bonds is 4. The molecule has 1 aromatic heterocycles. The molecular formula is C15H10Cl2N2O4. The van der Waals surface area contributed by atoms with Gasteiger partial charge in [-0.15, -0.1) is 0 Å². The summed E-state index contributed by atoms with van der Waals surface area (Å²) < 4.78 is 5.02. The van der Waals surface area contributed by atoms with E-state index in [-0.39, 0.29) is 29.0 Å². The summed E-state index contributed by atoms with van der Waals surface area (Å²) in [7, 11) is 0. The van der Waals surface area contributed by atoms with E-state index in [1.165, 1.54) is 6.07 Å². The molecule has 1 aromatic carbocycles. The van der Waals surface area contributed by atoms with Gasteiger partial charge in [-0.3, -0.25) is 14.5 Å². The minimum Gasteiger partial charge on any atom is -0.459 e. The lowest BCUT2D eigenvalue weighted by Gasteiger charge is -2.13. The number of aromatic nitrogens is 1. The summed E-state index contributed by atoms with van der Waals surface area (Å²) in [6, 6.07) is 7.89. The lowest BCUT2D eigenvalue weighted by atomic mass is 10.1. The van der Waals surface area contributed by atoms with Crippen LogP contribution in [0.1, 0.15) is 31.2 Å². The van der Waals surface area contributed by atoms with Crippen LogP contribution in [0.15, 0.2) is 30.3 Å². The largest absolute Gasteiger partial charge is 0.459 e. The number of ether oxygens (including phenoxy) is 1. The molecule has 0 saturated carbocycles. The van der Waals surface area contributed by atoms with Crippen molar-refractivity contribution in [1.29, 1.82) is 0 Å². The number of nitrogens with zero attached hydrogens (tertiary/aromatic N) is 1. The Labute approximate surface area is 140 Å². The van der Waals surface area contributed by atoms with Gasteiger partial charge in [-0.05, 0) is 18.2 Å². The van der Waals surface area contributed by atoms with Gasteiger partial charge in [-0.2, -0.15) is 0 Å². The van der Waals surface area contributed by atoms with Crippen LogP contribution >= 0.6 is 23.2 Å². The van der Waals surface area contributed by atoms with Gasteiger partial charge in [0.25, 0.3) is 11.8 Å². The van der Waals surface area contributed by atoms with Gasteiger partial charge in [0.05, 0.1) is 22.7 Å². The Bertz CT molecular complexity index is 761. The van der Waals surface area contributed by atoms with E-state index in [2.05, 4.69) is 4.98 Å². The molecule has 8 heteroatoms. The average molecular weight is 353 g/mol. The van der Waals surface area contributed by atoms with Gasteiger partial charge in [0, 0.05) is 0 Å². The molecule has 0 radical (unpaired) electrons. The molecule has 0 saturated heterocycles. The Morgan fingerprint density at radius 2 is 1.74 bits per heavy atom. The Kier molecular flexibility index (Phi) is 4.11. The Morgan fingerprint density at radius 3 is 2.26 bits per heavy atom. The Balaban J connectivity index is 1.61. The molecule has 3 rings (SSSR count). The fourth-order valence-corrected chi connectivity index (χ4v) is 2.58. The van der Waals surface area contributed by atoms with E-state index >= 15 is 0 Å². The molecule has 23 heavy (non-hydrogen) atoms. The standard InChI is InChI=1S/C15H10Cl2N2O4/c16-10-7-11(18-12(10)17)15(22)23-6-5-19-13(20)8-3-1-2-4-9(8)14(19)21/h1-4,7,18H,5-6H2. The quantitative estimate of drug-likeness (QED) is 0.677. The number of nitrogens with one attached hydrogen (secondary N) is 1. The predicted octanol–water partition coefficient (Wildman–Crippen LogP) is 2.77. The first-order chi connectivity index (χ1) is 11.0. The van der Waals surface area contributed by atoms with E-state index in [9.17, 15) is 14.4 Å². The van der Waals surface area contributed by atoms with E-state index in [4.69, 9.17) is 27.9 Å². The maximum absolute atomic E-state index is 12.1. The van der Waals surface area contributed by atoms with Gasteiger partial charge in [-0.1, -0.05) is 35.3 Å². The predicted molar refractivity (Wildman–Crippen MR) is 82.9 cm³/mol. The van der Waals surface area contributed by atoms with Crippen molar-refractivity contribution in [2.24, 2.45) is 0 Å². The second kappa shape index (κ2) is 6.06. The van der Waals surface area contributed by atoms with Crippen molar-refractivity contribution < 1.29 is 19.1 Å². The van der Waals surface area contributed by atoms with Crippen LogP contribution < -0.4 is 0 Å². The summed E-state index contributed by atoms with van der Waals surface area (Å²) in [5.41, 5.74) is 0.806. The topological polar surface area (TPSA) is 79.5 Å². The highest BCUT2D eigenvalue weighted by Crippen LogP contribution is 2.23. The van der Waals surface area contributed by atoms with E-state index in [0.717, 1.165) is 4.90 Å². The summed E-state index contributed by atoms with van der Waals surface area (Å²) in [6.45, 7) is -0.154. The lowest BCUT2D eigenvalue weighted by molar-refractivity contribution is 0.0416. The molecule has 0 spiro atoms. The number of esters is 1. The second-order valence-corrected chi connectivity index (χ2v) is 5.57. The summed E-state index contributed by atoms with van der Waals surface area (Å²) >= 11 is 11.4. The number of hydrogen-bond acceptors (Lipinski definition) is 4. The summed E-state index contributed by atoms with van der Waals surface area (Å²) in [6.07, 6.45) is 0. The fraction of sp³-hybridized carbons (Fsp3) is 0.133. The lowest BCUT2D eigenvalue weighted by Crippen LogP contribution is -2.33. The van der Waals surface area contributed by atoms with Crippen molar-refractivity contribution in [3.63, 3.8) is 0 Å². The van der Waals surface area contributed by atoms with Crippen LogP contribution in [0.5, 0.6) is 0 Å². The molecule has 118 valence electrons. The smallest absolute Gasteiger partial charge is 0.354 e. The molecule has 1 N–H and O–H groups in total. The van der Waals surface area contributed by atoms with Gasteiger partial charge < -0.3 is 9.72 Å². The van der Waals surface area contributed by atoms with Crippen LogP contribution in [0.4, 0.5) is 0 Å². The highest BCUT2D eigenvalue weighted by atomic mass is 35.5. The zero-order valence-electron chi connectivity index (χ0n) is 11.6. The van der Waals surface area contributed by atoms with Crippen molar-refractivity contribution in [3.05, 3.63) is 57.3 Å². The highest BCUT2D eigenvalue weighted by molar-refractivity contribution is 6.41. The van der Waals surface area contributed by atoms with E-state index < -0.39 is 17.8 Å². The number of aromatic amines is 1. The van der Waals surface area contributed by atoms with Crippen LogP contribution in [-0.4, -0.2) is 40.8 Å². The molecule has 0 atom stereocenters. The van der Waals surface area contributed by atoms with Gasteiger partial charge in [-0.25, -0.2) is 4.79 Å². The first-order valence-corrected chi connectivity index (χ1v) is 7.41. The minimum absolute atomic E-state index is 0.0275. The van der Waals surface area contributed by atoms with Gasteiger partial charge in [0.15, 0.2) is 0 Å². The molecule has 2 amide bonds. The van der Waals surface area contributed by atoms with E-state index in [0.29, 0.717) is 11.1 Å². The number of fused-ring (bicyclic) bond motifs is 1. The van der Waals surface area contributed by atoms with Crippen LogP contribution in [0, 0.1) is 0 Å². The first-order valence-electron chi connectivity index (χ1n) is 6.65. The minimum atomic E-state index is -0.671. The fourth-order valence-electron chi connectivity index (χ4n) is 2.26. The molecule has 0 unspecified atom stereocenters. The van der Waals surface area contributed by atoms with E-state index in [1.807, 2.05) is 0 Å². The average Bonchev–Trinajstić information content (AvgIpc) is 3.00. The number of halogens is 2. The highest BCUT2D eigenvalue weighted by Gasteiger charge is 2.34. The third-order valence-corrected chi connectivity index (χ3v) is 4.06. The molecule has 1 aliphatic rings. The number of carbonyl (C=O) groups is 3. The third-order valence-electron chi connectivity index (χ3n) is 3.37. The number of H-pyrrole nitrogens is 1. The Morgan fingerprint density at radius 1 is 1.13 bits per heavy atom. The van der Waals surface area contributed by atoms with Crippen LogP contribution in [0.2, 0.25) is 10.2 Å². The van der Waals surface area contributed by atoms with Crippen molar-refractivity contribution >= 4 is 41.0 Å². The van der Waals surface area contributed by atoms with Gasteiger partial charge >= 0.3 is 5.97 Å². The SMILES string of the molecule is O=C(OCCN1C(=O)c2ccccc2C1=O)c1cc(Cl)c(Cl)[nH]1. The number of imide groups is 1. The summed E-state index contributed by atoms with van der Waals surface area (Å²) in [5.74, 6) is -1.46. The summed E-state index contributed by atoms with van der Waals surface area (Å²) in [5, 5.41) is 0.345. The zero-order valence-corrected chi connectivity index (χ0v) is 13.1. The summed E-state index contributed by atoms with van der Waals surface area (Å²) in [4.78, 5) is 39.7. The van der Waals surface area contributed by atoms with Crippen LogP contribution in [-0.2, 0) is 4.74 Å². The van der Waals surface area contributed by atoms with Gasteiger partial charge in [0.1, 0.15) is 17.5 Å². The van der Waals surface area contributed by atoms with Crippen molar-refractivity contribution in [1.82, 2.24) is 9.88 Å². The second-order valence-electron chi connectivity index (χ2n) is 4.79. The molecule has 6 nitrogen and oxygen atoms in total. The normalized spacial score (nSPS) is 13.4. The Hall–Kier alpha value is -2.31. The maximum Gasteiger partial charge on any atom is 0.354 e. The number of hydrogen-bond donors (Lipinski definition) is 1. The van der Waals surface area contributed by atoms with Crippen molar-refractivity contribution in [2.75, 3.05) is 13.2 Å². The zero-order chi connectivity index (χ0) is 16.6. The van der Waals surface area contributed by atoms with Gasteiger partial charge in [0.2, 0.25) is 0 Å². The molecular weight excluding hydrogens is 343 g/mol. The maximum atomic E-state index is 12.1. The molecule has 2 aromatic rings. The van der Waals surface area contributed by atoms with E-state index in [1.54, 1.807) is 24.3 Å². The molecule has 0 bridgehead atoms. The number of carbonyl (C=O) groups excluding carboxylic acids is 3. The monoisotopic (exact) mass is 352 g/mol. The number of amides is 2. The number of benzene rings is 1. The van der Waals surface area contributed by atoms with Crippen LogP contribution in [0.25, 0.3) is 0 Å². The van der Waals surface area contributed by atoms with Crippen molar-refractivity contribution in [2.45, 2.75) is 0 Å².